The van der Waals surface area contributed by atoms with Crippen LogP contribution < -0.4 is 5.32 Å². The molecule has 1 nitrogen and oxygen atoms in total. The Bertz CT molecular complexity index is 254. The number of benzene rings is 1. The third-order valence-corrected chi connectivity index (χ3v) is 3.54. The molecule has 1 atom stereocenters. The highest BCUT2D eigenvalue weighted by Gasteiger charge is 2.20. The molecular formula is C9H11ClNS+. The average Bonchev–Trinajstić information content (AvgIpc) is 2.58. The normalized spacial score (nSPS) is 22.9. The van der Waals surface area contributed by atoms with Crippen molar-refractivity contribution in [3.05, 3.63) is 34.9 Å². The largest absolute Gasteiger partial charge is 0.331 e. The van der Waals surface area contributed by atoms with Crippen LogP contribution in [0.25, 0.3) is 0 Å². The number of rotatable bonds is 1. The molecule has 1 aromatic rings. The van der Waals surface area contributed by atoms with E-state index in [0.717, 1.165) is 5.02 Å². The van der Waals surface area contributed by atoms with Gasteiger partial charge in [-0.25, -0.2) is 0 Å². The number of hydrogen-bond acceptors (Lipinski definition) is 1. The molecule has 3 heteroatoms. The van der Waals surface area contributed by atoms with E-state index in [-0.39, 0.29) is 0 Å². The maximum absolute atomic E-state index is 5.80. The molecule has 2 rings (SSSR count). The quantitative estimate of drug-likeness (QED) is 0.730. The highest BCUT2D eigenvalue weighted by atomic mass is 35.5. The molecule has 12 heavy (non-hydrogen) atoms. The van der Waals surface area contributed by atoms with Gasteiger partial charge in [-0.2, -0.15) is 0 Å². The summed E-state index contributed by atoms with van der Waals surface area (Å²) in [4.78, 5) is 0. The van der Waals surface area contributed by atoms with Crippen molar-refractivity contribution in [2.45, 2.75) is 5.37 Å². The topological polar surface area (TPSA) is 16.6 Å². The van der Waals surface area contributed by atoms with Gasteiger partial charge in [0.05, 0.1) is 6.54 Å². The number of nitrogens with two attached hydrogens (primary N) is 1. The Morgan fingerprint density at radius 2 is 2.08 bits per heavy atom. The summed E-state index contributed by atoms with van der Waals surface area (Å²) in [5.41, 5.74) is 1.38. The lowest BCUT2D eigenvalue weighted by Crippen LogP contribution is -2.81. The first-order valence-corrected chi connectivity index (χ1v) is 5.49. The minimum atomic E-state index is 0.599. The highest BCUT2D eigenvalue weighted by molar-refractivity contribution is 7.99. The molecule has 1 aliphatic heterocycles. The molecule has 1 fully saturated rings. The van der Waals surface area contributed by atoms with Crippen molar-refractivity contribution in [3.8, 4) is 0 Å². The molecule has 1 aromatic carbocycles. The SMILES string of the molecule is Clc1ccc([C@@H]2[NH2+]CCS2)cc1. The second-order valence-corrected chi connectivity index (χ2v) is 4.55. The second-order valence-electron chi connectivity index (χ2n) is 2.87. The molecule has 0 amide bonds. The zero-order chi connectivity index (χ0) is 8.39. The van der Waals surface area contributed by atoms with Gasteiger partial charge in [0.1, 0.15) is 0 Å². The van der Waals surface area contributed by atoms with Crippen molar-refractivity contribution in [3.63, 3.8) is 0 Å². The second kappa shape index (κ2) is 3.69. The lowest BCUT2D eigenvalue weighted by atomic mass is 10.2. The highest BCUT2D eigenvalue weighted by Crippen LogP contribution is 2.25. The number of quaternary nitrogens is 1. The van der Waals surface area contributed by atoms with Gasteiger partial charge in [-0.05, 0) is 12.1 Å². The monoisotopic (exact) mass is 200 g/mol. The molecule has 1 saturated heterocycles. The van der Waals surface area contributed by atoms with Crippen LogP contribution in [0.3, 0.4) is 0 Å². The smallest absolute Gasteiger partial charge is 0.159 e. The van der Waals surface area contributed by atoms with Crippen molar-refractivity contribution in [1.29, 1.82) is 0 Å². The van der Waals surface area contributed by atoms with E-state index in [4.69, 9.17) is 11.6 Å². The van der Waals surface area contributed by atoms with Crippen molar-refractivity contribution in [1.82, 2.24) is 0 Å². The first-order chi connectivity index (χ1) is 5.86. The van der Waals surface area contributed by atoms with Crippen LogP contribution in [0, 0.1) is 0 Å². The molecule has 64 valence electrons. The molecule has 1 aliphatic rings. The maximum Gasteiger partial charge on any atom is 0.159 e. The molecule has 0 spiro atoms. The first-order valence-electron chi connectivity index (χ1n) is 4.06. The van der Waals surface area contributed by atoms with Gasteiger partial charge in [0.2, 0.25) is 0 Å². The zero-order valence-corrected chi connectivity index (χ0v) is 8.24. The molecule has 0 bridgehead atoms. The van der Waals surface area contributed by atoms with E-state index >= 15 is 0 Å². The van der Waals surface area contributed by atoms with Gasteiger partial charge in [-0.3, -0.25) is 0 Å². The van der Waals surface area contributed by atoms with Crippen LogP contribution in [0.2, 0.25) is 5.02 Å². The summed E-state index contributed by atoms with van der Waals surface area (Å²) < 4.78 is 0. The van der Waals surface area contributed by atoms with Crippen LogP contribution in [0.15, 0.2) is 24.3 Å². The van der Waals surface area contributed by atoms with Gasteiger partial charge >= 0.3 is 0 Å². The molecule has 0 saturated carbocycles. The van der Waals surface area contributed by atoms with E-state index in [1.165, 1.54) is 17.9 Å². The van der Waals surface area contributed by atoms with Crippen LogP contribution >= 0.6 is 23.4 Å². The van der Waals surface area contributed by atoms with Gasteiger partial charge in [0, 0.05) is 16.3 Å². The lowest BCUT2D eigenvalue weighted by molar-refractivity contribution is -0.663. The van der Waals surface area contributed by atoms with Crippen molar-refractivity contribution < 1.29 is 5.32 Å². The predicted octanol–water partition coefficient (Wildman–Crippen LogP) is 1.65. The van der Waals surface area contributed by atoms with Crippen molar-refractivity contribution in [2.24, 2.45) is 0 Å². The predicted molar refractivity (Wildman–Crippen MR) is 53.4 cm³/mol. The van der Waals surface area contributed by atoms with Gasteiger partial charge in [-0.1, -0.05) is 35.5 Å². The molecule has 0 unspecified atom stereocenters. The summed E-state index contributed by atoms with van der Waals surface area (Å²) in [6.45, 7) is 1.23. The maximum atomic E-state index is 5.80. The Morgan fingerprint density at radius 3 is 2.67 bits per heavy atom. The van der Waals surface area contributed by atoms with E-state index in [1.807, 2.05) is 23.9 Å². The minimum absolute atomic E-state index is 0.599. The van der Waals surface area contributed by atoms with Gasteiger partial charge < -0.3 is 5.32 Å². The first kappa shape index (κ1) is 8.42. The Morgan fingerprint density at radius 1 is 1.33 bits per heavy atom. The van der Waals surface area contributed by atoms with Gasteiger partial charge in [-0.15, -0.1) is 0 Å². The summed E-state index contributed by atoms with van der Waals surface area (Å²) >= 11 is 7.80. The molecule has 1 heterocycles. The summed E-state index contributed by atoms with van der Waals surface area (Å²) in [5.74, 6) is 1.26. The van der Waals surface area contributed by atoms with E-state index in [9.17, 15) is 0 Å². The number of halogens is 1. The number of hydrogen-bond donors (Lipinski definition) is 1. The average molecular weight is 201 g/mol. The Kier molecular flexibility index (Phi) is 2.59. The van der Waals surface area contributed by atoms with E-state index < -0.39 is 0 Å². The summed E-state index contributed by atoms with van der Waals surface area (Å²) in [7, 11) is 0. The fraction of sp³-hybridized carbons (Fsp3) is 0.333. The number of thioether (sulfide) groups is 1. The van der Waals surface area contributed by atoms with Crippen LogP contribution in [-0.2, 0) is 0 Å². The molecule has 0 aliphatic carbocycles. The summed E-state index contributed by atoms with van der Waals surface area (Å²) in [6.07, 6.45) is 0. The molecule has 0 aromatic heterocycles. The third kappa shape index (κ3) is 1.76. The van der Waals surface area contributed by atoms with Crippen molar-refractivity contribution >= 4 is 23.4 Å². The molecular weight excluding hydrogens is 190 g/mol. The zero-order valence-electron chi connectivity index (χ0n) is 6.66. The summed E-state index contributed by atoms with van der Waals surface area (Å²) in [5, 5.41) is 3.79. The lowest BCUT2D eigenvalue weighted by Gasteiger charge is -2.05. The Hall–Kier alpha value is -0.180. The van der Waals surface area contributed by atoms with Crippen LogP contribution in [-0.4, -0.2) is 12.3 Å². The molecule has 0 radical (unpaired) electrons. The summed E-state index contributed by atoms with van der Waals surface area (Å²) in [6, 6.07) is 8.15. The Balaban J connectivity index is 2.17. The van der Waals surface area contributed by atoms with Gasteiger partial charge in [0.25, 0.3) is 0 Å². The van der Waals surface area contributed by atoms with Crippen LogP contribution in [0.5, 0.6) is 0 Å². The fourth-order valence-corrected chi connectivity index (χ4v) is 2.64. The Labute approximate surface area is 81.5 Å². The minimum Gasteiger partial charge on any atom is -0.331 e. The standard InChI is InChI=1S/C9H10ClNS/c10-8-3-1-7(2-4-8)9-11-5-6-12-9/h1-4,9,11H,5-6H2/p+1/t9-/m1/s1. The van der Waals surface area contributed by atoms with E-state index in [1.54, 1.807) is 0 Å². The van der Waals surface area contributed by atoms with E-state index in [2.05, 4.69) is 17.4 Å². The van der Waals surface area contributed by atoms with Crippen LogP contribution in [0.1, 0.15) is 10.9 Å². The third-order valence-electron chi connectivity index (χ3n) is 1.99. The fourth-order valence-electron chi connectivity index (χ4n) is 1.37. The van der Waals surface area contributed by atoms with Crippen molar-refractivity contribution in [2.75, 3.05) is 12.3 Å². The van der Waals surface area contributed by atoms with Gasteiger partial charge in [0.15, 0.2) is 5.37 Å². The van der Waals surface area contributed by atoms with Crippen LogP contribution in [0.4, 0.5) is 0 Å². The molecule has 2 N–H and O–H groups in total. The van der Waals surface area contributed by atoms with E-state index in [0.29, 0.717) is 5.37 Å².